The first-order valence-electron chi connectivity index (χ1n) is 4.79. The maximum Gasteiger partial charge on any atom is 0.276 e. The van der Waals surface area contributed by atoms with Crippen LogP contribution < -0.4 is 0 Å². The predicted molar refractivity (Wildman–Crippen MR) is 63.9 cm³/mol. The van der Waals surface area contributed by atoms with Crippen LogP contribution in [0.2, 0.25) is 0 Å². The fourth-order valence-corrected chi connectivity index (χ4v) is 1.70. The van der Waals surface area contributed by atoms with Crippen molar-refractivity contribution < 1.29 is 8.60 Å². The zero-order valence-corrected chi connectivity index (χ0v) is 10.2. The molecule has 7 heteroatoms. The molecule has 0 atom stereocenters. The van der Waals surface area contributed by atoms with Gasteiger partial charge in [0.2, 0.25) is 0 Å². The summed E-state index contributed by atoms with van der Waals surface area (Å²) in [6.45, 7) is 0. The van der Waals surface area contributed by atoms with Gasteiger partial charge in [-0.1, -0.05) is 0 Å². The number of hydrogen-bond acceptors (Lipinski definition) is 4. The van der Waals surface area contributed by atoms with Gasteiger partial charge in [0.1, 0.15) is 5.82 Å². The Morgan fingerprint density at radius 2 is 1.94 bits per heavy atom. The monoisotopic (exact) mass is 254 g/mol. The van der Waals surface area contributed by atoms with Crippen LogP contribution in [0, 0.1) is 5.82 Å². The van der Waals surface area contributed by atoms with E-state index < -0.39 is 9.73 Å². The minimum absolute atomic E-state index is 0.138. The summed E-state index contributed by atoms with van der Waals surface area (Å²) in [5.74, 6) is 0.287. The molecule has 17 heavy (non-hydrogen) atoms. The van der Waals surface area contributed by atoms with Gasteiger partial charge in [-0.05, 0) is 24.3 Å². The molecule has 2 rings (SSSR count). The van der Waals surface area contributed by atoms with Gasteiger partial charge < -0.3 is 0 Å². The fourth-order valence-electron chi connectivity index (χ4n) is 1.23. The number of rotatable bonds is 2. The third-order valence-electron chi connectivity index (χ3n) is 1.89. The Balaban J connectivity index is 2.37. The van der Waals surface area contributed by atoms with E-state index in [0.29, 0.717) is 11.4 Å². The first-order valence-corrected chi connectivity index (χ1v) is 7.13. The summed E-state index contributed by atoms with van der Waals surface area (Å²) in [5, 5.41) is 6.49. The lowest BCUT2D eigenvalue weighted by atomic mass is 10.2. The molecular weight excluding hydrogens is 243 g/mol. The van der Waals surface area contributed by atoms with Crippen molar-refractivity contribution in [2.45, 2.75) is 0 Å². The number of aromatic nitrogens is 3. The number of benzene rings is 1. The Kier molecular flexibility index (Phi) is 2.93. The average molecular weight is 254 g/mol. The second-order valence-corrected chi connectivity index (χ2v) is 6.31. The SMILES string of the molecule is CS(C)(=O)=Nc1n[nH]c(-c2ccc(F)cc2)n1. The first-order chi connectivity index (χ1) is 7.94. The fraction of sp³-hybridized carbons (Fsp3) is 0.200. The molecule has 90 valence electrons. The minimum Gasteiger partial charge on any atom is -0.257 e. The van der Waals surface area contributed by atoms with Gasteiger partial charge in [0.25, 0.3) is 5.95 Å². The maximum absolute atomic E-state index is 12.7. The number of aromatic amines is 1. The standard InChI is InChI=1S/C10H11FN4OS/c1-17(2,16)15-10-12-9(13-14-10)7-3-5-8(11)6-4-7/h3-6H,1-2H3,(H,12,13,14). The lowest BCUT2D eigenvalue weighted by Gasteiger charge is -1.94. The van der Waals surface area contributed by atoms with Crippen molar-refractivity contribution in [2.24, 2.45) is 4.36 Å². The molecule has 5 nitrogen and oxygen atoms in total. The summed E-state index contributed by atoms with van der Waals surface area (Å²) < 4.78 is 28.0. The summed E-state index contributed by atoms with van der Waals surface area (Å²) in [6.07, 6.45) is 3.00. The largest absolute Gasteiger partial charge is 0.276 e. The molecule has 0 saturated heterocycles. The summed E-state index contributed by atoms with van der Waals surface area (Å²) >= 11 is 0. The third-order valence-corrected chi connectivity index (χ3v) is 2.50. The summed E-state index contributed by atoms with van der Waals surface area (Å²) in [6, 6.07) is 5.82. The number of nitrogens with one attached hydrogen (secondary N) is 1. The summed E-state index contributed by atoms with van der Waals surface area (Å²) in [7, 11) is -2.28. The predicted octanol–water partition coefficient (Wildman–Crippen LogP) is 1.97. The van der Waals surface area contributed by atoms with Crippen molar-refractivity contribution in [3.8, 4) is 11.4 Å². The van der Waals surface area contributed by atoms with Crippen LogP contribution in [-0.2, 0) is 9.73 Å². The van der Waals surface area contributed by atoms with Gasteiger partial charge >= 0.3 is 0 Å². The highest BCUT2D eigenvalue weighted by Crippen LogP contribution is 2.17. The van der Waals surface area contributed by atoms with Crippen LogP contribution in [0.1, 0.15) is 0 Å². The maximum atomic E-state index is 12.7. The lowest BCUT2D eigenvalue weighted by molar-refractivity contribution is 0.628. The van der Waals surface area contributed by atoms with E-state index in [4.69, 9.17) is 0 Å². The molecule has 0 aliphatic heterocycles. The molecule has 0 aliphatic carbocycles. The Labute approximate surface area is 98.3 Å². The van der Waals surface area contributed by atoms with E-state index in [9.17, 15) is 8.60 Å². The van der Waals surface area contributed by atoms with Crippen molar-refractivity contribution in [3.63, 3.8) is 0 Å². The zero-order chi connectivity index (χ0) is 12.5. The van der Waals surface area contributed by atoms with E-state index in [1.54, 1.807) is 12.1 Å². The van der Waals surface area contributed by atoms with E-state index in [1.807, 2.05) is 0 Å². The molecule has 0 fully saturated rings. The Bertz CT molecular complexity index is 633. The van der Waals surface area contributed by atoms with E-state index in [2.05, 4.69) is 19.5 Å². The molecule has 1 aromatic carbocycles. The smallest absolute Gasteiger partial charge is 0.257 e. The lowest BCUT2D eigenvalue weighted by Crippen LogP contribution is -1.89. The normalized spacial score (nSPS) is 11.5. The number of nitrogens with zero attached hydrogens (tertiary/aromatic N) is 3. The molecule has 0 bridgehead atoms. The quantitative estimate of drug-likeness (QED) is 0.890. The highest BCUT2D eigenvalue weighted by Gasteiger charge is 2.05. The van der Waals surface area contributed by atoms with Crippen LogP contribution in [0.3, 0.4) is 0 Å². The summed E-state index contributed by atoms with van der Waals surface area (Å²) in [4.78, 5) is 4.06. The van der Waals surface area contributed by atoms with Crippen molar-refractivity contribution in [1.82, 2.24) is 15.2 Å². The molecule has 0 saturated carbocycles. The van der Waals surface area contributed by atoms with Gasteiger partial charge in [-0.25, -0.2) is 8.60 Å². The molecule has 1 heterocycles. The Morgan fingerprint density at radius 3 is 2.53 bits per heavy atom. The van der Waals surface area contributed by atoms with Crippen molar-refractivity contribution in [3.05, 3.63) is 30.1 Å². The summed E-state index contributed by atoms with van der Waals surface area (Å²) in [5.41, 5.74) is 0.694. The van der Waals surface area contributed by atoms with Crippen LogP contribution in [0.25, 0.3) is 11.4 Å². The van der Waals surface area contributed by atoms with Gasteiger partial charge in [0.05, 0.1) is 0 Å². The van der Waals surface area contributed by atoms with Crippen LogP contribution in [0.15, 0.2) is 28.6 Å². The topological polar surface area (TPSA) is 71.0 Å². The van der Waals surface area contributed by atoms with Gasteiger partial charge in [-0.2, -0.15) is 9.35 Å². The van der Waals surface area contributed by atoms with E-state index >= 15 is 0 Å². The molecule has 2 aromatic rings. The van der Waals surface area contributed by atoms with Crippen LogP contribution >= 0.6 is 0 Å². The number of halogens is 1. The Hall–Kier alpha value is -1.76. The van der Waals surface area contributed by atoms with E-state index in [1.165, 1.54) is 24.6 Å². The molecule has 0 aliphatic rings. The second kappa shape index (κ2) is 4.25. The number of H-pyrrole nitrogens is 1. The first kappa shape index (κ1) is 11.7. The second-order valence-electron chi connectivity index (χ2n) is 3.76. The van der Waals surface area contributed by atoms with Gasteiger partial charge in [-0.3, -0.25) is 5.10 Å². The van der Waals surface area contributed by atoms with Crippen LogP contribution in [-0.4, -0.2) is 31.9 Å². The van der Waals surface area contributed by atoms with E-state index in [0.717, 1.165) is 0 Å². The highest BCUT2D eigenvalue weighted by atomic mass is 32.2. The minimum atomic E-state index is -2.28. The number of hydrogen-bond donors (Lipinski definition) is 1. The molecule has 1 N–H and O–H groups in total. The van der Waals surface area contributed by atoms with Crippen molar-refractivity contribution in [1.29, 1.82) is 0 Å². The van der Waals surface area contributed by atoms with Gasteiger partial charge in [0, 0.05) is 27.8 Å². The van der Waals surface area contributed by atoms with Crippen LogP contribution in [0.5, 0.6) is 0 Å². The molecule has 0 unspecified atom stereocenters. The van der Waals surface area contributed by atoms with E-state index in [-0.39, 0.29) is 11.8 Å². The molecule has 0 spiro atoms. The zero-order valence-electron chi connectivity index (χ0n) is 9.35. The van der Waals surface area contributed by atoms with Crippen molar-refractivity contribution >= 4 is 15.7 Å². The highest BCUT2D eigenvalue weighted by molar-refractivity contribution is 7.92. The van der Waals surface area contributed by atoms with Gasteiger partial charge in [-0.15, -0.1) is 5.10 Å². The van der Waals surface area contributed by atoms with Crippen LogP contribution in [0.4, 0.5) is 10.3 Å². The van der Waals surface area contributed by atoms with Crippen molar-refractivity contribution in [2.75, 3.05) is 12.5 Å². The molecule has 1 aromatic heterocycles. The third kappa shape index (κ3) is 3.10. The molecule has 0 amide bonds. The van der Waals surface area contributed by atoms with Gasteiger partial charge in [0.15, 0.2) is 5.82 Å². The molecule has 0 radical (unpaired) electrons. The molecular formula is C10H11FN4OS. The Morgan fingerprint density at radius 1 is 1.29 bits per heavy atom. The average Bonchev–Trinajstić information content (AvgIpc) is 2.64.